The van der Waals surface area contributed by atoms with Crippen LogP contribution in [-0.4, -0.2) is 468 Å². The number of hydrogen-bond donors (Lipinski definition) is 28. The zero-order valence-electron chi connectivity index (χ0n) is 82.4. The average Bonchev–Trinajstić information content (AvgIpc) is 0.786. The first-order chi connectivity index (χ1) is 68.3. The van der Waals surface area contributed by atoms with Gasteiger partial charge in [0.25, 0.3) is 0 Å². The van der Waals surface area contributed by atoms with E-state index in [2.05, 4.69) is 13.8 Å². The molecule has 0 aromatic heterocycles. The van der Waals surface area contributed by atoms with Crippen molar-refractivity contribution in [3.63, 3.8) is 0 Å². The second-order valence-corrected chi connectivity index (χ2v) is 40.5. The number of rotatable bonds is 66. The first-order valence-corrected chi connectivity index (χ1v) is 52.2. The standard InChI is InChI=1S/C98H174O44/c1-3-5-7-9-11-13-15-17-19-21-23-25-27-29-31-33-38-97(51-127-89-81(123)73(115)85(61(47-103)135-89)139-93-77(119)69(111)65(107)57(43-99)131-93,52-128-90-82(124)74(116)86(62(48-104)136-90)140-94-78(120)70(112)66(108)58(44-100)132-94)41-55-36-35-37-56(40-55)42-98(39-34-32-30-28-26-24-22-20-18-16-14-12-10-8-6-4-2,53-129-91-83(125)75(117)87(63(49-105)137-91)141-95-79(121)71(113)67(109)59(45-101)133-95)54-130-92-84(126)76(118)88(64(50-106)138-92)142-96-80(122)72(114)68(110)60(46-102)134-96/h35-37,40,57-96,99-126H,3-34,38-39,41-54H2,1-2H3/t57?,58?,59?,60?,61?,62?,63?,64?,65-,66-,67-,68-,69+,70+,71+,72+,73-,74-,75-,76-,77?,78?,79?,80?,81?,82?,83?,84?,85-,86-,87-,88-,89-,90-,91-,92-,93+,94+,95+,96+,97?,98?/m1/s1. The zero-order valence-corrected chi connectivity index (χ0v) is 82.4. The van der Waals surface area contributed by atoms with E-state index in [1.54, 1.807) is 24.3 Å². The molecule has 142 heavy (non-hydrogen) atoms. The highest BCUT2D eigenvalue weighted by atomic mass is 16.8. The summed E-state index contributed by atoms with van der Waals surface area (Å²) >= 11 is 0. The maximum Gasteiger partial charge on any atom is 0.187 e. The average molecular weight is 2060 g/mol. The number of benzene rings is 1. The molecule has 8 fully saturated rings. The Morgan fingerprint density at radius 3 is 0.577 bits per heavy atom. The molecule has 0 bridgehead atoms. The Hall–Kier alpha value is -2.54. The second-order valence-electron chi connectivity index (χ2n) is 40.5. The molecule has 8 aliphatic heterocycles. The minimum atomic E-state index is -2.08. The fourth-order valence-corrected chi connectivity index (χ4v) is 20.4. The van der Waals surface area contributed by atoms with Gasteiger partial charge in [-0.3, -0.25) is 0 Å². The highest BCUT2D eigenvalue weighted by molar-refractivity contribution is 5.26. The van der Waals surface area contributed by atoms with Crippen LogP contribution in [0.5, 0.6) is 0 Å². The van der Waals surface area contributed by atoms with E-state index in [1.807, 2.05) is 0 Å². The van der Waals surface area contributed by atoms with Crippen molar-refractivity contribution in [2.45, 2.75) is 491 Å². The van der Waals surface area contributed by atoms with Crippen LogP contribution in [0.15, 0.2) is 24.3 Å². The van der Waals surface area contributed by atoms with Crippen LogP contribution in [0.25, 0.3) is 0 Å². The number of aliphatic hydroxyl groups excluding tert-OH is 28. The fraction of sp³-hybridized carbons (Fsp3) is 0.939. The molecule has 0 spiro atoms. The quantitative estimate of drug-likeness (QED) is 0.0283. The molecule has 8 heterocycles. The van der Waals surface area contributed by atoms with Gasteiger partial charge in [-0.2, -0.15) is 0 Å². The first-order valence-electron chi connectivity index (χ1n) is 52.2. The predicted molar refractivity (Wildman–Crippen MR) is 496 cm³/mol. The summed E-state index contributed by atoms with van der Waals surface area (Å²) in [5.41, 5.74) is -1.97. The molecule has 830 valence electrons. The normalized spacial score (nSPS) is 39.0. The van der Waals surface area contributed by atoms with Crippen molar-refractivity contribution in [3.05, 3.63) is 35.4 Å². The Morgan fingerprint density at radius 1 is 0.211 bits per heavy atom. The topological polar surface area (TPSA) is 714 Å². The second kappa shape index (κ2) is 63.2. The van der Waals surface area contributed by atoms with Crippen LogP contribution in [-0.2, 0) is 88.6 Å². The summed E-state index contributed by atoms with van der Waals surface area (Å²) in [7, 11) is 0. The van der Waals surface area contributed by atoms with E-state index in [1.165, 1.54) is 89.9 Å². The van der Waals surface area contributed by atoms with Gasteiger partial charge in [0.05, 0.1) is 79.3 Å². The summed E-state index contributed by atoms with van der Waals surface area (Å²) in [6.45, 7) is -4.99. The summed E-state index contributed by atoms with van der Waals surface area (Å²) < 4.78 is 97.7. The highest BCUT2D eigenvalue weighted by Crippen LogP contribution is 2.43. The lowest BCUT2D eigenvalue weighted by Gasteiger charge is -2.47. The van der Waals surface area contributed by atoms with Crippen LogP contribution in [0.1, 0.15) is 243 Å². The lowest BCUT2D eigenvalue weighted by Crippen LogP contribution is -2.65. The summed E-state index contributed by atoms with van der Waals surface area (Å²) in [5, 5.41) is 311. The van der Waals surface area contributed by atoms with Gasteiger partial charge in [0.1, 0.15) is 195 Å². The lowest BCUT2D eigenvalue weighted by molar-refractivity contribution is -0.365. The molecule has 1 aromatic carbocycles. The van der Waals surface area contributed by atoms with E-state index >= 15 is 0 Å². The predicted octanol–water partition coefficient (Wildman–Crippen LogP) is -3.39. The van der Waals surface area contributed by atoms with E-state index in [9.17, 15) is 143 Å². The van der Waals surface area contributed by atoms with Crippen LogP contribution in [0, 0.1) is 10.8 Å². The minimum absolute atomic E-state index is 0.113. The number of unbranched alkanes of at least 4 members (excludes halogenated alkanes) is 30. The van der Waals surface area contributed by atoms with Crippen molar-refractivity contribution >= 4 is 0 Å². The SMILES string of the molecule is CCCCCCCCCCCCCCCCCCC(CO[C@@H]1OC(CO)[C@@H](O[C@@H]2OC(CO)[C@@H](O)[C@H](O)C2O)[C@H](O)C1O)(CO[C@@H]1OC(CO)[C@@H](O[C@@H]2OC(CO)[C@@H](O)[C@H](O)C2O)[C@H](O)C1O)Cc1cccc(CC(CCCCCCCCCCCCCCCCCC)(CO[C@@H]2OC(CO)[C@@H](O[C@@H]3OC(CO)[C@@H](O)[C@H](O)C3O)[C@H](O)C2O)CO[C@@H]2OC(CO)[C@@H](O[C@@H]3OC(CO)[C@@H](O)[C@H](O)C3O)[C@H](O)C2O)c1. The molecule has 0 amide bonds. The van der Waals surface area contributed by atoms with Crippen molar-refractivity contribution in [2.75, 3.05) is 79.3 Å². The molecular formula is C98H174O44. The third-order valence-corrected chi connectivity index (χ3v) is 29.3. The molecule has 16 unspecified atom stereocenters. The van der Waals surface area contributed by atoms with Crippen molar-refractivity contribution < 1.29 is 219 Å². The van der Waals surface area contributed by atoms with Crippen LogP contribution in [0.2, 0.25) is 0 Å². The minimum Gasteiger partial charge on any atom is -0.394 e. The van der Waals surface area contributed by atoms with Gasteiger partial charge in [-0.15, -0.1) is 0 Å². The molecule has 28 N–H and O–H groups in total. The van der Waals surface area contributed by atoms with E-state index in [0.717, 1.165) is 89.9 Å². The van der Waals surface area contributed by atoms with Gasteiger partial charge < -0.3 is 219 Å². The van der Waals surface area contributed by atoms with Gasteiger partial charge in [0.2, 0.25) is 0 Å². The van der Waals surface area contributed by atoms with Gasteiger partial charge in [-0.05, 0) is 36.8 Å². The maximum absolute atomic E-state index is 12.2. The molecule has 0 aliphatic carbocycles. The fourth-order valence-electron chi connectivity index (χ4n) is 20.4. The summed E-state index contributed by atoms with van der Waals surface area (Å²) in [4.78, 5) is 0. The van der Waals surface area contributed by atoms with Gasteiger partial charge in [-0.25, -0.2) is 0 Å². The zero-order chi connectivity index (χ0) is 103. The van der Waals surface area contributed by atoms with Crippen LogP contribution in [0.3, 0.4) is 0 Å². The Morgan fingerprint density at radius 2 is 0.387 bits per heavy atom. The maximum atomic E-state index is 12.2. The molecule has 40 atom stereocenters. The number of aliphatic hydroxyl groups is 28. The van der Waals surface area contributed by atoms with E-state index in [4.69, 9.17) is 75.8 Å². The van der Waals surface area contributed by atoms with Gasteiger partial charge in [0, 0.05) is 10.8 Å². The van der Waals surface area contributed by atoms with Gasteiger partial charge in [-0.1, -0.05) is 244 Å². The van der Waals surface area contributed by atoms with E-state index < -0.39 is 336 Å². The Labute approximate surface area is 831 Å². The molecule has 8 saturated heterocycles. The van der Waals surface area contributed by atoms with Gasteiger partial charge in [0.15, 0.2) is 50.3 Å². The van der Waals surface area contributed by atoms with E-state index in [-0.39, 0.29) is 25.7 Å². The first kappa shape index (κ1) is 123. The monoisotopic (exact) mass is 2060 g/mol. The van der Waals surface area contributed by atoms with Crippen molar-refractivity contribution in [2.24, 2.45) is 10.8 Å². The molecule has 8 aliphatic rings. The smallest absolute Gasteiger partial charge is 0.187 e. The molecular weight excluding hydrogens is 1880 g/mol. The largest absolute Gasteiger partial charge is 0.394 e. The lowest BCUT2D eigenvalue weighted by atomic mass is 9.76. The van der Waals surface area contributed by atoms with Gasteiger partial charge >= 0.3 is 0 Å². The van der Waals surface area contributed by atoms with Crippen molar-refractivity contribution in [3.8, 4) is 0 Å². The number of ether oxygens (including phenoxy) is 16. The van der Waals surface area contributed by atoms with Crippen LogP contribution < -0.4 is 0 Å². The van der Waals surface area contributed by atoms with Crippen LogP contribution >= 0.6 is 0 Å². The molecule has 44 nitrogen and oxygen atoms in total. The van der Waals surface area contributed by atoms with Crippen LogP contribution in [0.4, 0.5) is 0 Å². The molecule has 9 rings (SSSR count). The summed E-state index contributed by atoms with van der Waals surface area (Å²) in [6, 6.07) is 7.02. The third kappa shape index (κ3) is 34.7. The third-order valence-electron chi connectivity index (χ3n) is 29.3. The molecule has 0 radical (unpaired) electrons. The molecule has 44 heteroatoms. The summed E-state index contributed by atoms with van der Waals surface area (Å²) in [5.74, 6) is 0. The Kier molecular flexibility index (Phi) is 54.7. The van der Waals surface area contributed by atoms with E-state index in [0.29, 0.717) is 36.8 Å². The van der Waals surface area contributed by atoms with Crippen molar-refractivity contribution in [1.82, 2.24) is 0 Å². The Balaban J connectivity index is 1.09. The highest BCUT2D eigenvalue weighted by Gasteiger charge is 2.58. The number of hydrogen-bond acceptors (Lipinski definition) is 44. The van der Waals surface area contributed by atoms with Crippen molar-refractivity contribution in [1.29, 1.82) is 0 Å². The molecule has 1 aromatic rings. The summed E-state index contributed by atoms with van der Waals surface area (Å²) in [6.07, 6.45) is -41.6. The molecule has 0 saturated carbocycles. The Bertz CT molecular complexity index is 3110.